The fourth-order valence-electron chi connectivity index (χ4n) is 2.09. The van der Waals surface area contributed by atoms with Crippen LogP contribution in [-0.4, -0.2) is 11.0 Å². The predicted molar refractivity (Wildman–Crippen MR) is 88.2 cm³/mol. The Balaban J connectivity index is 2.16. The van der Waals surface area contributed by atoms with E-state index >= 15 is 0 Å². The van der Waals surface area contributed by atoms with Crippen LogP contribution in [0, 0.1) is 6.92 Å². The van der Waals surface area contributed by atoms with Gasteiger partial charge in [-0.05, 0) is 36.9 Å². The Kier molecular flexibility index (Phi) is 4.56. The smallest absolute Gasteiger partial charge is 0.106 e. The van der Waals surface area contributed by atoms with Gasteiger partial charge >= 0.3 is 0 Å². The lowest BCUT2D eigenvalue weighted by atomic mass is 10.1. The van der Waals surface area contributed by atoms with Crippen LogP contribution in [0.25, 0.3) is 0 Å². The van der Waals surface area contributed by atoms with Crippen molar-refractivity contribution in [2.75, 3.05) is 5.32 Å². The van der Waals surface area contributed by atoms with Crippen LogP contribution in [0.2, 0.25) is 0 Å². The summed E-state index contributed by atoms with van der Waals surface area (Å²) in [6.07, 6.45) is 1.00. The summed E-state index contributed by atoms with van der Waals surface area (Å²) in [4.78, 5) is 1.82. The third-order valence-electron chi connectivity index (χ3n) is 3.02. The Bertz CT molecular complexity index is 562. The molecule has 0 aliphatic rings. The Morgan fingerprint density at radius 3 is 2.79 bits per heavy atom. The van der Waals surface area contributed by atoms with E-state index in [-0.39, 0.29) is 0 Å². The van der Waals surface area contributed by atoms with Gasteiger partial charge in [-0.2, -0.15) is 0 Å². The SMILES string of the molecule is Cc1cccc(C(N)=S)c1NC(C)Cc1cccs1. The van der Waals surface area contributed by atoms with Crippen molar-refractivity contribution in [2.45, 2.75) is 26.3 Å². The molecule has 0 aliphatic heterocycles. The molecule has 0 saturated carbocycles. The van der Waals surface area contributed by atoms with Gasteiger partial charge in [-0.25, -0.2) is 0 Å². The Morgan fingerprint density at radius 2 is 2.16 bits per heavy atom. The maximum Gasteiger partial charge on any atom is 0.106 e. The number of hydrogen-bond acceptors (Lipinski definition) is 3. The zero-order chi connectivity index (χ0) is 13.8. The summed E-state index contributed by atoms with van der Waals surface area (Å²) in [5, 5.41) is 5.64. The van der Waals surface area contributed by atoms with Crippen LogP contribution >= 0.6 is 23.6 Å². The zero-order valence-electron chi connectivity index (χ0n) is 11.1. The second kappa shape index (κ2) is 6.17. The molecule has 1 atom stereocenters. The number of rotatable bonds is 5. The van der Waals surface area contributed by atoms with E-state index in [2.05, 4.69) is 42.7 Å². The summed E-state index contributed by atoms with van der Waals surface area (Å²) in [5.41, 5.74) is 8.94. The van der Waals surface area contributed by atoms with Crippen molar-refractivity contribution in [2.24, 2.45) is 5.73 Å². The minimum absolute atomic E-state index is 0.341. The van der Waals surface area contributed by atoms with Gasteiger partial charge in [0.25, 0.3) is 0 Å². The topological polar surface area (TPSA) is 38.0 Å². The lowest BCUT2D eigenvalue weighted by Gasteiger charge is -2.19. The molecule has 0 spiro atoms. The molecule has 4 heteroatoms. The molecule has 0 fully saturated rings. The van der Waals surface area contributed by atoms with Gasteiger partial charge in [-0.15, -0.1) is 11.3 Å². The minimum Gasteiger partial charge on any atom is -0.389 e. The van der Waals surface area contributed by atoms with Gasteiger partial charge in [0, 0.05) is 28.6 Å². The standard InChI is InChI=1S/C15H18N2S2/c1-10-5-3-7-13(15(16)18)14(10)17-11(2)9-12-6-4-8-19-12/h3-8,11,17H,9H2,1-2H3,(H2,16,18). The van der Waals surface area contributed by atoms with Gasteiger partial charge in [0.2, 0.25) is 0 Å². The lowest BCUT2D eigenvalue weighted by Crippen LogP contribution is -2.21. The van der Waals surface area contributed by atoms with Crippen LogP contribution in [0.15, 0.2) is 35.7 Å². The van der Waals surface area contributed by atoms with Crippen LogP contribution in [0.4, 0.5) is 5.69 Å². The molecule has 1 aromatic heterocycles. The van der Waals surface area contributed by atoms with E-state index in [9.17, 15) is 0 Å². The first kappa shape index (κ1) is 14.0. The van der Waals surface area contributed by atoms with E-state index in [1.54, 1.807) is 11.3 Å². The van der Waals surface area contributed by atoms with Gasteiger partial charge < -0.3 is 11.1 Å². The maximum absolute atomic E-state index is 5.79. The number of hydrogen-bond donors (Lipinski definition) is 2. The van der Waals surface area contributed by atoms with E-state index < -0.39 is 0 Å². The molecule has 1 aromatic carbocycles. The van der Waals surface area contributed by atoms with E-state index in [4.69, 9.17) is 18.0 Å². The fraction of sp³-hybridized carbons (Fsp3) is 0.267. The van der Waals surface area contributed by atoms with Gasteiger partial charge in [0.15, 0.2) is 0 Å². The monoisotopic (exact) mass is 290 g/mol. The van der Waals surface area contributed by atoms with Crippen molar-refractivity contribution in [1.82, 2.24) is 0 Å². The van der Waals surface area contributed by atoms with Crippen LogP contribution < -0.4 is 11.1 Å². The molecular formula is C15H18N2S2. The van der Waals surface area contributed by atoms with Gasteiger partial charge in [-0.1, -0.05) is 30.4 Å². The second-order valence-corrected chi connectivity index (χ2v) is 6.16. The first-order valence-electron chi connectivity index (χ1n) is 6.26. The number of thiocarbonyl (C=S) groups is 1. The van der Waals surface area contributed by atoms with Crippen LogP contribution in [0.1, 0.15) is 22.9 Å². The average Bonchev–Trinajstić information content (AvgIpc) is 2.84. The highest BCUT2D eigenvalue weighted by Crippen LogP contribution is 2.22. The minimum atomic E-state index is 0.341. The highest BCUT2D eigenvalue weighted by Gasteiger charge is 2.11. The van der Waals surface area contributed by atoms with Crippen molar-refractivity contribution in [3.05, 3.63) is 51.7 Å². The summed E-state index contributed by atoms with van der Waals surface area (Å²) in [7, 11) is 0. The molecule has 0 amide bonds. The zero-order valence-corrected chi connectivity index (χ0v) is 12.8. The van der Waals surface area contributed by atoms with E-state index in [1.807, 2.05) is 12.1 Å². The quantitative estimate of drug-likeness (QED) is 0.824. The number of anilines is 1. The van der Waals surface area contributed by atoms with E-state index in [1.165, 1.54) is 10.4 Å². The second-order valence-electron chi connectivity index (χ2n) is 4.69. The number of aryl methyl sites for hydroxylation is 1. The molecule has 0 aliphatic carbocycles. The number of nitrogens with one attached hydrogen (secondary N) is 1. The van der Waals surface area contributed by atoms with E-state index in [0.29, 0.717) is 11.0 Å². The number of para-hydroxylation sites is 1. The molecule has 19 heavy (non-hydrogen) atoms. The molecule has 2 aromatic rings. The molecule has 0 saturated heterocycles. The van der Waals surface area contributed by atoms with Crippen LogP contribution in [0.5, 0.6) is 0 Å². The van der Waals surface area contributed by atoms with Crippen molar-refractivity contribution < 1.29 is 0 Å². The summed E-state index contributed by atoms with van der Waals surface area (Å²) < 4.78 is 0. The Labute approximate surface area is 123 Å². The van der Waals surface area contributed by atoms with Crippen molar-refractivity contribution in [3.8, 4) is 0 Å². The molecule has 1 unspecified atom stereocenters. The number of thiophene rings is 1. The molecule has 0 bridgehead atoms. The van der Waals surface area contributed by atoms with Crippen molar-refractivity contribution in [1.29, 1.82) is 0 Å². The van der Waals surface area contributed by atoms with Crippen molar-refractivity contribution in [3.63, 3.8) is 0 Å². The molecule has 2 rings (SSSR count). The fourth-order valence-corrected chi connectivity index (χ4v) is 3.10. The third-order valence-corrected chi connectivity index (χ3v) is 4.14. The van der Waals surface area contributed by atoms with Crippen molar-refractivity contribution >= 4 is 34.2 Å². The predicted octanol–water partition coefficient (Wildman–Crippen LogP) is 3.73. The maximum atomic E-state index is 5.79. The van der Waals surface area contributed by atoms with E-state index in [0.717, 1.165) is 17.7 Å². The third kappa shape index (κ3) is 3.55. The molecule has 3 N–H and O–H groups in total. The average molecular weight is 290 g/mol. The first-order chi connectivity index (χ1) is 9.08. The summed E-state index contributed by atoms with van der Waals surface area (Å²) >= 11 is 6.90. The van der Waals surface area contributed by atoms with Gasteiger partial charge in [-0.3, -0.25) is 0 Å². The summed E-state index contributed by atoms with van der Waals surface area (Å²) in [5.74, 6) is 0. The summed E-state index contributed by atoms with van der Waals surface area (Å²) in [6, 6.07) is 10.6. The highest BCUT2D eigenvalue weighted by atomic mass is 32.1. The lowest BCUT2D eigenvalue weighted by molar-refractivity contribution is 0.799. The highest BCUT2D eigenvalue weighted by molar-refractivity contribution is 7.80. The van der Waals surface area contributed by atoms with Crippen LogP contribution in [-0.2, 0) is 6.42 Å². The Hall–Kier alpha value is -1.39. The summed E-state index contributed by atoms with van der Waals surface area (Å²) in [6.45, 7) is 4.25. The normalized spacial score (nSPS) is 12.1. The molecule has 1 heterocycles. The molecule has 0 radical (unpaired) electrons. The van der Waals surface area contributed by atoms with Crippen LogP contribution in [0.3, 0.4) is 0 Å². The Morgan fingerprint density at radius 1 is 1.37 bits per heavy atom. The number of nitrogens with two attached hydrogens (primary N) is 1. The first-order valence-corrected chi connectivity index (χ1v) is 7.55. The van der Waals surface area contributed by atoms with Gasteiger partial charge in [0.05, 0.1) is 0 Å². The molecule has 100 valence electrons. The molecular weight excluding hydrogens is 272 g/mol. The van der Waals surface area contributed by atoms with Gasteiger partial charge in [0.1, 0.15) is 4.99 Å². The largest absolute Gasteiger partial charge is 0.389 e. The molecule has 2 nitrogen and oxygen atoms in total. The number of benzene rings is 1.